The van der Waals surface area contributed by atoms with Gasteiger partial charge in [0.2, 0.25) is 5.91 Å². The number of rotatable bonds is 8. The Bertz CT molecular complexity index is 624. The van der Waals surface area contributed by atoms with Gasteiger partial charge in [0.15, 0.2) is 12.1 Å². The fraction of sp³-hybridized carbons (Fsp3) is 0.632. The van der Waals surface area contributed by atoms with Gasteiger partial charge in [-0.05, 0) is 24.3 Å². The van der Waals surface area contributed by atoms with E-state index in [2.05, 4.69) is 0 Å². The fourth-order valence-corrected chi connectivity index (χ4v) is 4.14. The molecule has 142 valence electrons. The highest BCUT2D eigenvalue weighted by Gasteiger charge is 2.32. The van der Waals surface area contributed by atoms with E-state index in [1.54, 1.807) is 6.07 Å². The molecule has 0 aliphatic carbocycles. The van der Waals surface area contributed by atoms with Crippen LogP contribution in [0.4, 0.5) is 0 Å². The minimum absolute atomic E-state index is 0.00453. The molecular formula is C19H25NO5S. The summed E-state index contributed by atoms with van der Waals surface area (Å²) in [5.74, 6) is 0.189. The number of hydrogen-bond acceptors (Lipinski definition) is 6. The summed E-state index contributed by atoms with van der Waals surface area (Å²) >= 11 is 1.39. The van der Waals surface area contributed by atoms with Crippen molar-refractivity contribution in [3.05, 3.63) is 22.4 Å². The lowest BCUT2D eigenvalue weighted by Gasteiger charge is -2.34. The number of carbonyl (C=O) groups excluding carboxylic acids is 3. The maximum atomic E-state index is 12.4. The van der Waals surface area contributed by atoms with E-state index in [1.807, 2.05) is 16.3 Å². The topological polar surface area (TPSA) is 72.9 Å². The Labute approximate surface area is 157 Å². The van der Waals surface area contributed by atoms with Crippen LogP contribution in [0.25, 0.3) is 0 Å². The van der Waals surface area contributed by atoms with Crippen molar-refractivity contribution < 1.29 is 23.9 Å². The van der Waals surface area contributed by atoms with Crippen LogP contribution in [0.5, 0.6) is 0 Å². The Hall–Kier alpha value is -1.57. The molecule has 0 bridgehead atoms. The van der Waals surface area contributed by atoms with E-state index < -0.39 is 0 Å². The number of likely N-dealkylation sites (tertiary alicyclic amines) is 1. The first-order chi connectivity index (χ1) is 12.6. The predicted octanol–water partition coefficient (Wildman–Crippen LogP) is 2.67. The quantitative estimate of drug-likeness (QED) is 0.649. The van der Waals surface area contributed by atoms with Crippen LogP contribution in [0.3, 0.4) is 0 Å². The minimum atomic E-state index is -0.199. The molecule has 0 aromatic carbocycles. The van der Waals surface area contributed by atoms with Crippen molar-refractivity contribution in [2.45, 2.75) is 44.8 Å². The molecule has 1 unspecified atom stereocenters. The van der Waals surface area contributed by atoms with Crippen molar-refractivity contribution in [3.63, 3.8) is 0 Å². The SMILES string of the molecule is O=C(CCC(=O)c1cccs1)CCC(=O)N1CCCC(C2OCCO2)C1. The van der Waals surface area contributed by atoms with Gasteiger partial charge >= 0.3 is 0 Å². The Morgan fingerprint density at radius 3 is 2.62 bits per heavy atom. The summed E-state index contributed by atoms with van der Waals surface area (Å²) in [5, 5.41) is 1.85. The van der Waals surface area contributed by atoms with E-state index in [0.29, 0.717) is 24.6 Å². The van der Waals surface area contributed by atoms with Gasteiger partial charge in [-0.3, -0.25) is 14.4 Å². The fourth-order valence-electron chi connectivity index (χ4n) is 3.45. The Morgan fingerprint density at radius 1 is 1.12 bits per heavy atom. The van der Waals surface area contributed by atoms with Gasteiger partial charge in [0.05, 0.1) is 18.1 Å². The van der Waals surface area contributed by atoms with Crippen LogP contribution in [0.1, 0.15) is 48.2 Å². The van der Waals surface area contributed by atoms with Crippen LogP contribution in [-0.4, -0.2) is 55.0 Å². The normalized spacial score (nSPS) is 21.1. The Kier molecular flexibility index (Phi) is 6.93. The third kappa shape index (κ3) is 5.22. The molecule has 2 aliphatic heterocycles. The smallest absolute Gasteiger partial charge is 0.223 e. The number of Topliss-reactive ketones (excluding diaryl/α,β-unsaturated/α-hetero) is 2. The second-order valence-corrected chi connectivity index (χ2v) is 7.74. The zero-order valence-electron chi connectivity index (χ0n) is 14.9. The first-order valence-corrected chi connectivity index (χ1v) is 10.1. The van der Waals surface area contributed by atoms with E-state index >= 15 is 0 Å². The summed E-state index contributed by atoms with van der Waals surface area (Å²) in [4.78, 5) is 38.9. The highest BCUT2D eigenvalue weighted by Crippen LogP contribution is 2.25. The molecule has 1 aromatic rings. The van der Waals surface area contributed by atoms with Gasteiger partial charge in [0, 0.05) is 44.7 Å². The maximum Gasteiger partial charge on any atom is 0.223 e. The Morgan fingerprint density at radius 2 is 1.88 bits per heavy atom. The summed E-state index contributed by atoms with van der Waals surface area (Å²) in [6.07, 6.45) is 2.57. The number of thiophene rings is 1. The number of hydrogen-bond donors (Lipinski definition) is 0. The van der Waals surface area contributed by atoms with Gasteiger partial charge in [-0.1, -0.05) is 6.07 Å². The van der Waals surface area contributed by atoms with Crippen LogP contribution in [0, 0.1) is 5.92 Å². The largest absolute Gasteiger partial charge is 0.350 e. The number of ether oxygens (including phenoxy) is 2. The maximum absolute atomic E-state index is 12.4. The van der Waals surface area contributed by atoms with Crippen molar-refractivity contribution in [3.8, 4) is 0 Å². The van der Waals surface area contributed by atoms with E-state index in [-0.39, 0.29) is 55.4 Å². The van der Waals surface area contributed by atoms with Crippen LogP contribution in [0.2, 0.25) is 0 Å². The summed E-state index contributed by atoms with van der Waals surface area (Å²) in [6.45, 7) is 2.60. The van der Waals surface area contributed by atoms with E-state index in [0.717, 1.165) is 19.4 Å². The average molecular weight is 379 g/mol. The van der Waals surface area contributed by atoms with Gasteiger partial charge in [0.1, 0.15) is 5.78 Å². The Balaban J connectivity index is 1.37. The second-order valence-electron chi connectivity index (χ2n) is 6.79. The van der Waals surface area contributed by atoms with E-state index in [1.165, 1.54) is 11.3 Å². The van der Waals surface area contributed by atoms with Crippen LogP contribution in [0.15, 0.2) is 17.5 Å². The molecule has 3 heterocycles. The first kappa shape index (κ1) is 19.2. The van der Waals surface area contributed by atoms with Crippen molar-refractivity contribution in [2.24, 2.45) is 5.92 Å². The number of ketones is 2. The van der Waals surface area contributed by atoms with Crippen molar-refractivity contribution in [1.82, 2.24) is 4.90 Å². The van der Waals surface area contributed by atoms with Gasteiger partial charge in [-0.25, -0.2) is 0 Å². The first-order valence-electron chi connectivity index (χ1n) is 9.23. The van der Waals surface area contributed by atoms with Crippen LogP contribution in [-0.2, 0) is 19.1 Å². The molecule has 1 aromatic heterocycles. The molecule has 0 spiro atoms. The molecule has 0 radical (unpaired) electrons. The van der Waals surface area contributed by atoms with E-state index in [4.69, 9.17) is 9.47 Å². The zero-order chi connectivity index (χ0) is 18.4. The highest BCUT2D eigenvalue weighted by molar-refractivity contribution is 7.12. The minimum Gasteiger partial charge on any atom is -0.350 e. The third-order valence-corrected chi connectivity index (χ3v) is 5.80. The summed E-state index contributed by atoms with van der Waals surface area (Å²) < 4.78 is 11.1. The standard InChI is InChI=1S/C19H25NO5S/c21-15(5-7-16(22)17-4-2-12-26-17)6-8-18(23)20-9-1-3-14(13-20)19-24-10-11-25-19/h2,4,12,14,19H,1,3,5-11,13H2. The monoisotopic (exact) mass is 379 g/mol. The summed E-state index contributed by atoms with van der Waals surface area (Å²) in [6, 6.07) is 3.59. The number of nitrogens with zero attached hydrogens (tertiary/aromatic N) is 1. The molecule has 7 heteroatoms. The van der Waals surface area contributed by atoms with Crippen molar-refractivity contribution >= 4 is 28.8 Å². The second kappa shape index (κ2) is 9.39. The van der Waals surface area contributed by atoms with Gasteiger partial charge in [-0.2, -0.15) is 0 Å². The molecule has 0 saturated carbocycles. The summed E-state index contributed by atoms with van der Waals surface area (Å²) in [7, 11) is 0. The molecule has 2 aliphatic rings. The molecule has 2 saturated heterocycles. The molecule has 1 atom stereocenters. The number of carbonyl (C=O) groups is 3. The lowest BCUT2D eigenvalue weighted by Crippen LogP contribution is -2.43. The zero-order valence-corrected chi connectivity index (χ0v) is 15.7. The molecule has 6 nitrogen and oxygen atoms in total. The third-order valence-electron chi connectivity index (χ3n) is 4.89. The lowest BCUT2D eigenvalue weighted by molar-refractivity contribution is -0.140. The van der Waals surface area contributed by atoms with Gasteiger partial charge < -0.3 is 14.4 Å². The highest BCUT2D eigenvalue weighted by atomic mass is 32.1. The summed E-state index contributed by atoms with van der Waals surface area (Å²) in [5.41, 5.74) is 0. The molecule has 1 amide bonds. The van der Waals surface area contributed by atoms with Gasteiger partial charge in [0.25, 0.3) is 0 Å². The predicted molar refractivity (Wildman–Crippen MR) is 97.1 cm³/mol. The van der Waals surface area contributed by atoms with Crippen molar-refractivity contribution in [1.29, 1.82) is 0 Å². The van der Waals surface area contributed by atoms with Gasteiger partial charge in [-0.15, -0.1) is 11.3 Å². The average Bonchev–Trinajstić information content (AvgIpc) is 3.38. The molecule has 0 N–H and O–H groups in total. The number of amides is 1. The molecule has 2 fully saturated rings. The molecular weight excluding hydrogens is 354 g/mol. The van der Waals surface area contributed by atoms with Crippen LogP contribution >= 0.6 is 11.3 Å². The number of piperidine rings is 1. The van der Waals surface area contributed by atoms with Crippen LogP contribution < -0.4 is 0 Å². The lowest BCUT2D eigenvalue weighted by atomic mass is 9.97. The molecule has 26 heavy (non-hydrogen) atoms. The van der Waals surface area contributed by atoms with E-state index in [9.17, 15) is 14.4 Å². The molecule has 3 rings (SSSR count). The van der Waals surface area contributed by atoms with Crippen molar-refractivity contribution in [2.75, 3.05) is 26.3 Å².